The van der Waals surface area contributed by atoms with Crippen LogP contribution in [0, 0.1) is 0 Å². The fraction of sp³-hybridized carbons (Fsp3) is 1.00. The highest BCUT2D eigenvalue weighted by molar-refractivity contribution is 9.09. The summed E-state index contributed by atoms with van der Waals surface area (Å²) in [6.07, 6.45) is 2.21. The third kappa shape index (κ3) is 2.69. The molecule has 9 heavy (non-hydrogen) atoms. The summed E-state index contributed by atoms with van der Waals surface area (Å²) in [6.45, 7) is 1.62. The monoisotopic (exact) mass is 192 g/mol. The third-order valence-corrected chi connectivity index (χ3v) is 1.59. The van der Waals surface area contributed by atoms with Gasteiger partial charge >= 0.3 is 7.12 Å². The van der Waals surface area contributed by atoms with Gasteiger partial charge in [-0.3, -0.25) is 0 Å². The Morgan fingerprint density at radius 1 is 1.67 bits per heavy atom. The van der Waals surface area contributed by atoms with Gasteiger partial charge in [-0.2, -0.15) is 0 Å². The normalized spacial score (nSPS) is 19.0. The van der Waals surface area contributed by atoms with Gasteiger partial charge in [0.1, 0.15) is 0 Å². The van der Waals surface area contributed by atoms with Crippen LogP contribution in [0.25, 0.3) is 0 Å². The van der Waals surface area contributed by atoms with E-state index in [-0.39, 0.29) is 7.12 Å². The number of rotatable bonds is 3. The van der Waals surface area contributed by atoms with Crippen LogP contribution < -0.4 is 0 Å². The van der Waals surface area contributed by atoms with E-state index >= 15 is 0 Å². The van der Waals surface area contributed by atoms with Gasteiger partial charge in [0, 0.05) is 18.5 Å². The van der Waals surface area contributed by atoms with Gasteiger partial charge in [0.05, 0.1) is 0 Å². The molecule has 0 amide bonds. The van der Waals surface area contributed by atoms with E-state index in [2.05, 4.69) is 15.9 Å². The Labute approximate surface area is 64.2 Å². The first-order valence-corrected chi connectivity index (χ1v) is 4.35. The van der Waals surface area contributed by atoms with Gasteiger partial charge in [-0.1, -0.05) is 15.9 Å². The SMILES string of the molecule is BrCCOB1CCCO1. The maximum atomic E-state index is 5.28. The molecule has 0 N–H and O–H groups in total. The Balaban J connectivity index is 1.98. The maximum absolute atomic E-state index is 5.28. The van der Waals surface area contributed by atoms with Gasteiger partial charge in [0.25, 0.3) is 0 Å². The molecular weight excluding hydrogens is 183 g/mol. The van der Waals surface area contributed by atoms with Crippen LogP contribution in [0.2, 0.25) is 6.32 Å². The third-order valence-electron chi connectivity index (χ3n) is 1.27. The fourth-order valence-corrected chi connectivity index (χ4v) is 1.04. The second kappa shape index (κ2) is 4.31. The van der Waals surface area contributed by atoms with E-state index in [0.29, 0.717) is 0 Å². The second-order valence-corrected chi connectivity index (χ2v) is 2.80. The fourth-order valence-electron chi connectivity index (χ4n) is 0.856. The second-order valence-electron chi connectivity index (χ2n) is 2.00. The lowest BCUT2D eigenvalue weighted by Crippen LogP contribution is -2.17. The van der Waals surface area contributed by atoms with Crippen molar-refractivity contribution < 1.29 is 9.31 Å². The van der Waals surface area contributed by atoms with Gasteiger partial charge in [-0.25, -0.2) is 0 Å². The summed E-state index contributed by atoms with van der Waals surface area (Å²) in [5, 5.41) is 0.896. The van der Waals surface area contributed by atoms with Gasteiger partial charge in [0.15, 0.2) is 0 Å². The molecule has 0 bridgehead atoms. The molecule has 4 heteroatoms. The van der Waals surface area contributed by atoms with Gasteiger partial charge in [-0.05, 0) is 12.7 Å². The summed E-state index contributed by atoms with van der Waals surface area (Å²) < 4.78 is 10.5. The number of halogens is 1. The molecule has 1 aliphatic heterocycles. The van der Waals surface area contributed by atoms with Crippen molar-refractivity contribution in [1.29, 1.82) is 0 Å². The molecule has 0 aromatic rings. The Morgan fingerprint density at radius 3 is 3.11 bits per heavy atom. The Kier molecular flexibility index (Phi) is 3.62. The van der Waals surface area contributed by atoms with E-state index in [1.165, 1.54) is 0 Å². The standard InChI is InChI=1S/C5H10BBrO2/c7-3-5-9-6-2-1-4-8-6/h1-5H2. The van der Waals surface area contributed by atoms with Crippen molar-refractivity contribution in [2.75, 3.05) is 18.5 Å². The summed E-state index contributed by atoms with van der Waals surface area (Å²) in [5.74, 6) is 0. The summed E-state index contributed by atoms with van der Waals surface area (Å²) in [4.78, 5) is 0. The largest absolute Gasteiger partial charge is 0.456 e. The first-order chi connectivity index (χ1) is 4.43. The van der Waals surface area contributed by atoms with Gasteiger partial charge in [0.2, 0.25) is 0 Å². The average Bonchev–Trinajstić information content (AvgIpc) is 2.34. The van der Waals surface area contributed by atoms with E-state index in [4.69, 9.17) is 9.31 Å². The summed E-state index contributed by atoms with van der Waals surface area (Å²) in [5.41, 5.74) is 0. The highest BCUT2D eigenvalue weighted by Crippen LogP contribution is 2.10. The van der Waals surface area contributed by atoms with Crippen LogP contribution in [-0.4, -0.2) is 25.7 Å². The highest BCUT2D eigenvalue weighted by atomic mass is 79.9. The van der Waals surface area contributed by atoms with E-state index in [9.17, 15) is 0 Å². The van der Waals surface area contributed by atoms with E-state index in [1.807, 2.05) is 0 Å². The molecule has 0 aliphatic carbocycles. The number of hydrogen-bond donors (Lipinski definition) is 0. The zero-order valence-electron chi connectivity index (χ0n) is 5.31. The quantitative estimate of drug-likeness (QED) is 0.496. The molecule has 0 unspecified atom stereocenters. The van der Waals surface area contributed by atoms with Crippen molar-refractivity contribution in [3.8, 4) is 0 Å². The molecule has 0 radical (unpaired) electrons. The predicted molar refractivity (Wildman–Crippen MR) is 40.9 cm³/mol. The van der Waals surface area contributed by atoms with Crippen LogP contribution in [0.5, 0.6) is 0 Å². The Bertz CT molecular complexity index is 75.4. The highest BCUT2D eigenvalue weighted by Gasteiger charge is 2.22. The molecule has 0 aromatic heterocycles. The summed E-state index contributed by atoms with van der Waals surface area (Å²) >= 11 is 3.28. The van der Waals surface area contributed by atoms with Crippen LogP contribution in [0.4, 0.5) is 0 Å². The van der Waals surface area contributed by atoms with Crippen molar-refractivity contribution in [1.82, 2.24) is 0 Å². The molecule has 0 saturated carbocycles. The Hall–Kier alpha value is 0.465. The van der Waals surface area contributed by atoms with E-state index in [1.54, 1.807) is 0 Å². The molecule has 52 valence electrons. The lowest BCUT2D eigenvalue weighted by Gasteiger charge is -2.03. The number of hydrogen-bond acceptors (Lipinski definition) is 2. The molecular formula is C5H10BBrO2. The predicted octanol–water partition coefficient (Wildman–Crippen LogP) is 1.31. The molecule has 2 nitrogen and oxygen atoms in total. The Morgan fingerprint density at radius 2 is 2.56 bits per heavy atom. The summed E-state index contributed by atoms with van der Waals surface area (Å²) in [7, 11) is 0.0857. The smallest absolute Gasteiger partial charge is 0.411 e. The van der Waals surface area contributed by atoms with Gasteiger partial charge in [-0.15, -0.1) is 0 Å². The summed E-state index contributed by atoms with van der Waals surface area (Å²) in [6, 6.07) is 0. The minimum Gasteiger partial charge on any atom is -0.411 e. The van der Waals surface area contributed by atoms with Crippen LogP contribution >= 0.6 is 15.9 Å². The molecule has 0 spiro atoms. The molecule has 1 aliphatic rings. The van der Waals surface area contributed by atoms with Crippen molar-refractivity contribution in [3.05, 3.63) is 0 Å². The van der Waals surface area contributed by atoms with Crippen LogP contribution in [0.3, 0.4) is 0 Å². The zero-order chi connectivity index (χ0) is 6.53. The first-order valence-electron chi connectivity index (χ1n) is 3.22. The van der Waals surface area contributed by atoms with Gasteiger partial charge < -0.3 is 9.31 Å². The van der Waals surface area contributed by atoms with Crippen molar-refractivity contribution in [3.63, 3.8) is 0 Å². The minimum absolute atomic E-state index is 0.0857. The lowest BCUT2D eigenvalue weighted by atomic mass is 9.86. The molecule has 1 heterocycles. The topological polar surface area (TPSA) is 18.5 Å². The van der Waals surface area contributed by atoms with Crippen LogP contribution in [-0.2, 0) is 9.31 Å². The van der Waals surface area contributed by atoms with Crippen molar-refractivity contribution in [2.45, 2.75) is 12.7 Å². The van der Waals surface area contributed by atoms with E-state index in [0.717, 1.165) is 31.3 Å². The minimum atomic E-state index is 0.0857. The lowest BCUT2D eigenvalue weighted by molar-refractivity contribution is 0.238. The van der Waals surface area contributed by atoms with E-state index < -0.39 is 0 Å². The number of alkyl halides is 1. The van der Waals surface area contributed by atoms with Crippen LogP contribution in [0.15, 0.2) is 0 Å². The maximum Gasteiger partial charge on any atom is 0.456 e. The first kappa shape index (κ1) is 7.57. The van der Waals surface area contributed by atoms with Crippen molar-refractivity contribution in [2.24, 2.45) is 0 Å². The molecule has 0 aromatic carbocycles. The van der Waals surface area contributed by atoms with Crippen molar-refractivity contribution >= 4 is 23.0 Å². The van der Waals surface area contributed by atoms with Crippen LogP contribution in [0.1, 0.15) is 6.42 Å². The molecule has 1 rings (SSSR count). The molecule has 0 atom stereocenters. The molecule has 1 saturated heterocycles. The molecule has 1 fully saturated rings. The average molecular weight is 193 g/mol. The zero-order valence-corrected chi connectivity index (χ0v) is 6.89.